The van der Waals surface area contributed by atoms with E-state index in [1.807, 2.05) is 12.3 Å². The molecule has 1 saturated heterocycles. The number of hydrogen-bond acceptors (Lipinski definition) is 5. The van der Waals surface area contributed by atoms with E-state index in [2.05, 4.69) is 0 Å². The number of carbonyl (C=O) groups is 3. The predicted octanol–water partition coefficient (Wildman–Crippen LogP) is -0.618. The minimum Gasteiger partial charge on any atom is -0.464 e. The molecule has 0 radical (unpaired) electrons. The lowest BCUT2D eigenvalue weighted by atomic mass is 10.2. The number of hydrogen-bond donors (Lipinski definition) is 2. The fraction of sp³-hybridized carbons (Fsp3) is 0.462. The smallest absolute Gasteiger partial charge is 0.312 e. The summed E-state index contributed by atoms with van der Waals surface area (Å²) in [4.78, 5) is 38.2. The number of nitrogens with two attached hydrogens (primary N) is 1. The summed E-state index contributed by atoms with van der Waals surface area (Å²) >= 11 is 0. The van der Waals surface area contributed by atoms with Crippen molar-refractivity contribution >= 4 is 17.7 Å². The Bertz CT molecular complexity index is 581. The second-order valence-electron chi connectivity index (χ2n) is 4.77. The first-order valence-corrected chi connectivity index (χ1v) is 6.66. The number of hydrazine groups is 1. The van der Waals surface area contributed by atoms with E-state index >= 15 is 0 Å². The molecule has 114 valence electrons. The van der Waals surface area contributed by atoms with Gasteiger partial charge in [0.25, 0.3) is 5.91 Å². The number of amides is 3. The van der Waals surface area contributed by atoms with Crippen LogP contribution in [0.3, 0.4) is 0 Å². The van der Waals surface area contributed by atoms with E-state index in [9.17, 15) is 14.4 Å². The quantitative estimate of drug-likeness (QED) is 0.333. The number of furan rings is 1. The van der Waals surface area contributed by atoms with Crippen molar-refractivity contribution in [2.24, 2.45) is 5.84 Å². The van der Waals surface area contributed by atoms with Crippen molar-refractivity contribution in [1.82, 2.24) is 15.2 Å². The van der Waals surface area contributed by atoms with Crippen LogP contribution >= 0.6 is 0 Å². The first-order chi connectivity index (χ1) is 9.97. The zero-order valence-electron chi connectivity index (χ0n) is 12.0. The maximum absolute atomic E-state index is 12.0. The van der Waals surface area contributed by atoms with Crippen molar-refractivity contribution in [1.29, 1.82) is 0 Å². The lowest BCUT2D eigenvalue weighted by molar-refractivity contribution is -0.156. The molecule has 2 rings (SSSR count). The summed E-state index contributed by atoms with van der Waals surface area (Å²) in [7, 11) is 0. The average Bonchev–Trinajstić information content (AvgIpc) is 2.84. The van der Waals surface area contributed by atoms with Gasteiger partial charge in [-0.05, 0) is 19.9 Å². The molecule has 8 nitrogen and oxygen atoms in total. The van der Waals surface area contributed by atoms with Crippen molar-refractivity contribution in [3.05, 3.63) is 23.2 Å². The Kier molecular flexibility index (Phi) is 4.27. The monoisotopic (exact) mass is 294 g/mol. The predicted molar refractivity (Wildman–Crippen MR) is 72.8 cm³/mol. The Hall–Kier alpha value is -2.35. The van der Waals surface area contributed by atoms with Gasteiger partial charge < -0.3 is 14.2 Å². The Morgan fingerprint density at radius 1 is 1.33 bits per heavy atom. The highest BCUT2D eigenvalue weighted by Crippen LogP contribution is 2.17. The van der Waals surface area contributed by atoms with Crippen LogP contribution in [0.1, 0.15) is 28.8 Å². The Morgan fingerprint density at radius 2 is 1.95 bits per heavy atom. The van der Waals surface area contributed by atoms with Gasteiger partial charge in [0, 0.05) is 19.6 Å². The molecule has 0 aromatic carbocycles. The van der Waals surface area contributed by atoms with Gasteiger partial charge in [-0.25, -0.2) is 5.84 Å². The van der Waals surface area contributed by atoms with Crippen LogP contribution in [-0.2, 0) is 16.1 Å². The van der Waals surface area contributed by atoms with Gasteiger partial charge in [-0.15, -0.1) is 0 Å². The molecular formula is C13H18N4O4. The van der Waals surface area contributed by atoms with E-state index in [1.165, 1.54) is 15.9 Å². The molecule has 0 unspecified atom stereocenters. The van der Waals surface area contributed by atoms with Gasteiger partial charge in [0.05, 0.1) is 12.1 Å². The summed E-state index contributed by atoms with van der Waals surface area (Å²) in [5.41, 5.74) is 2.35. The van der Waals surface area contributed by atoms with Crippen molar-refractivity contribution in [2.75, 3.05) is 19.6 Å². The Balaban J connectivity index is 2.11. The largest absolute Gasteiger partial charge is 0.464 e. The van der Waals surface area contributed by atoms with Gasteiger partial charge in [0.2, 0.25) is 0 Å². The van der Waals surface area contributed by atoms with Crippen LogP contribution in [0.25, 0.3) is 0 Å². The molecule has 1 aliphatic heterocycles. The zero-order valence-corrected chi connectivity index (χ0v) is 12.0. The van der Waals surface area contributed by atoms with Crippen molar-refractivity contribution in [2.45, 2.75) is 20.4 Å². The van der Waals surface area contributed by atoms with Gasteiger partial charge in [-0.2, -0.15) is 0 Å². The first kappa shape index (κ1) is 15.0. The van der Waals surface area contributed by atoms with Crippen LogP contribution in [0.2, 0.25) is 0 Å². The molecule has 1 aliphatic rings. The number of carbonyl (C=O) groups excluding carboxylic acids is 3. The molecule has 0 spiro atoms. The number of piperazine rings is 1. The molecule has 0 atom stereocenters. The summed E-state index contributed by atoms with van der Waals surface area (Å²) in [5.74, 6) is 4.42. The second kappa shape index (κ2) is 5.96. The molecule has 0 saturated carbocycles. The van der Waals surface area contributed by atoms with E-state index < -0.39 is 17.7 Å². The van der Waals surface area contributed by atoms with E-state index in [4.69, 9.17) is 10.3 Å². The highest BCUT2D eigenvalue weighted by atomic mass is 16.3. The molecule has 1 fully saturated rings. The van der Waals surface area contributed by atoms with E-state index in [0.717, 1.165) is 0 Å². The Morgan fingerprint density at radius 3 is 2.57 bits per heavy atom. The first-order valence-electron chi connectivity index (χ1n) is 6.66. The van der Waals surface area contributed by atoms with Gasteiger partial charge in [0.1, 0.15) is 11.5 Å². The SMILES string of the molecule is CCN1CCN(Cc2cc(C(=O)NN)c(C)o2)C(=O)C1=O. The third kappa shape index (κ3) is 2.89. The van der Waals surface area contributed by atoms with Gasteiger partial charge in [-0.1, -0.05) is 0 Å². The second-order valence-corrected chi connectivity index (χ2v) is 4.77. The number of nitrogens with one attached hydrogen (secondary N) is 1. The molecule has 0 aliphatic carbocycles. The van der Waals surface area contributed by atoms with Gasteiger partial charge >= 0.3 is 11.8 Å². The van der Waals surface area contributed by atoms with Crippen LogP contribution in [0.15, 0.2) is 10.5 Å². The zero-order chi connectivity index (χ0) is 15.6. The van der Waals surface area contributed by atoms with Crippen LogP contribution in [0.5, 0.6) is 0 Å². The molecule has 1 aromatic heterocycles. The summed E-state index contributed by atoms with van der Waals surface area (Å²) in [6.07, 6.45) is 0. The van der Waals surface area contributed by atoms with Gasteiger partial charge in [0.15, 0.2) is 0 Å². The van der Waals surface area contributed by atoms with E-state index in [0.29, 0.717) is 36.7 Å². The maximum atomic E-state index is 12.0. The molecule has 3 N–H and O–H groups in total. The molecule has 21 heavy (non-hydrogen) atoms. The lowest BCUT2D eigenvalue weighted by Crippen LogP contribution is -2.53. The van der Waals surface area contributed by atoms with Crippen LogP contribution in [0, 0.1) is 6.92 Å². The summed E-state index contributed by atoms with van der Waals surface area (Å²) < 4.78 is 5.44. The highest BCUT2D eigenvalue weighted by Gasteiger charge is 2.32. The van der Waals surface area contributed by atoms with Crippen molar-refractivity contribution in [3.63, 3.8) is 0 Å². The third-order valence-corrected chi connectivity index (χ3v) is 3.47. The fourth-order valence-electron chi connectivity index (χ4n) is 2.28. The van der Waals surface area contributed by atoms with Crippen molar-refractivity contribution < 1.29 is 18.8 Å². The van der Waals surface area contributed by atoms with Crippen LogP contribution < -0.4 is 11.3 Å². The standard InChI is InChI=1S/C13H18N4O4/c1-3-16-4-5-17(13(20)12(16)19)7-9-6-10(8(2)21-9)11(18)15-14/h6H,3-5,7,14H2,1-2H3,(H,15,18). The maximum Gasteiger partial charge on any atom is 0.312 e. The summed E-state index contributed by atoms with van der Waals surface area (Å²) in [5, 5.41) is 0. The van der Waals surface area contributed by atoms with E-state index in [1.54, 1.807) is 6.92 Å². The molecule has 2 heterocycles. The third-order valence-electron chi connectivity index (χ3n) is 3.47. The number of aryl methyl sites for hydroxylation is 1. The van der Waals surface area contributed by atoms with Crippen LogP contribution in [0.4, 0.5) is 0 Å². The fourth-order valence-corrected chi connectivity index (χ4v) is 2.28. The number of nitrogen functional groups attached to an aromatic ring is 1. The number of likely N-dealkylation sites (N-methyl/N-ethyl adjacent to an activating group) is 1. The van der Waals surface area contributed by atoms with E-state index in [-0.39, 0.29) is 6.54 Å². The number of rotatable bonds is 4. The Labute approximate surface area is 121 Å². The molecule has 1 aromatic rings. The van der Waals surface area contributed by atoms with Gasteiger partial charge in [-0.3, -0.25) is 19.8 Å². The number of nitrogens with zero attached hydrogens (tertiary/aromatic N) is 2. The summed E-state index contributed by atoms with van der Waals surface area (Å²) in [6, 6.07) is 1.53. The van der Waals surface area contributed by atoms with Crippen LogP contribution in [-0.4, -0.2) is 47.2 Å². The molecular weight excluding hydrogens is 276 g/mol. The average molecular weight is 294 g/mol. The lowest BCUT2D eigenvalue weighted by Gasteiger charge is -2.32. The minimum absolute atomic E-state index is 0.154. The topological polar surface area (TPSA) is 109 Å². The summed E-state index contributed by atoms with van der Waals surface area (Å²) in [6.45, 7) is 5.07. The molecule has 3 amide bonds. The highest BCUT2D eigenvalue weighted by molar-refractivity contribution is 6.35. The normalized spacial score (nSPS) is 15.6. The molecule has 0 bridgehead atoms. The van der Waals surface area contributed by atoms with Crippen molar-refractivity contribution in [3.8, 4) is 0 Å². The minimum atomic E-state index is -0.554. The molecule has 8 heteroatoms.